The largest absolute Gasteiger partial charge is 0.426 e. The van der Waals surface area contributed by atoms with Crippen molar-refractivity contribution >= 4 is 19.5 Å². The number of hydrogen-bond acceptors (Lipinski definition) is 6. The van der Waals surface area contributed by atoms with Crippen LogP contribution < -0.4 is 19.9 Å². The van der Waals surface area contributed by atoms with E-state index in [0.29, 0.717) is 5.75 Å². The molecule has 5 rings (SSSR count). The Morgan fingerprint density at radius 3 is 2.23 bits per heavy atom. The zero-order chi connectivity index (χ0) is 30.1. The fourth-order valence-electron chi connectivity index (χ4n) is 5.07. The van der Waals surface area contributed by atoms with Gasteiger partial charge in [0.2, 0.25) is 5.91 Å². The zero-order valence-corrected chi connectivity index (χ0v) is 24.7. The van der Waals surface area contributed by atoms with Crippen molar-refractivity contribution < 1.29 is 28.3 Å². The fraction of sp³-hybridized carbons (Fsp3) is 0.235. The molecule has 1 aliphatic carbocycles. The lowest BCUT2D eigenvalue weighted by Crippen LogP contribution is -2.46. The summed E-state index contributed by atoms with van der Waals surface area (Å²) in [6.45, 7) is 0.0605. The summed E-state index contributed by atoms with van der Waals surface area (Å²) in [5.41, 5.74) is 5.48. The van der Waals surface area contributed by atoms with E-state index in [0.717, 1.165) is 36.0 Å². The number of aryl methyl sites for hydroxylation is 2. The lowest BCUT2D eigenvalue weighted by atomic mass is 10.0. The molecule has 0 fully saturated rings. The van der Waals surface area contributed by atoms with Gasteiger partial charge in [0.15, 0.2) is 0 Å². The molecule has 4 aromatic carbocycles. The third kappa shape index (κ3) is 8.88. The number of fused-ring (bicyclic) bond motifs is 1. The Hall–Kier alpha value is -4.23. The van der Waals surface area contributed by atoms with Crippen LogP contribution in [0.1, 0.15) is 29.5 Å². The van der Waals surface area contributed by atoms with Crippen LogP contribution in [0, 0.1) is 0 Å². The molecule has 0 aliphatic heterocycles. The van der Waals surface area contributed by atoms with Crippen molar-refractivity contribution in [3.8, 4) is 22.6 Å². The van der Waals surface area contributed by atoms with Crippen LogP contribution in [-0.2, 0) is 33.4 Å². The van der Waals surface area contributed by atoms with Crippen molar-refractivity contribution in [1.82, 2.24) is 10.6 Å². The van der Waals surface area contributed by atoms with Crippen LogP contribution >= 0.6 is 7.60 Å². The number of esters is 1. The van der Waals surface area contributed by atoms with Gasteiger partial charge in [-0.3, -0.25) is 14.9 Å². The molecule has 222 valence electrons. The van der Waals surface area contributed by atoms with Crippen molar-refractivity contribution in [2.75, 3.05) is 12.8 Å². The normalized spacial score (nSPS) is 14.3. The number of carbonyl (C=O) groups excluding carboxylic acids is 2. The lowest BCUT2D eigenvalue weighted by Gasteiger charge is -2.21. The van der Waals surface area contributed by atoms with Gasteiger partial charge in [-0.2, -0.15) is 0 Å². The topological polar surface area (TPSA) is 114 Å². The van der Waals surface area contributed by atoms with Crippen LogP contribution in [0.4, 0.5) is 0 Å². The standard InChI is InChI=1S/C34H35N2O6P/c37-33(41-31-19-18-27-10-7-11-29(27)23-31)20-21-35-34(38)32(36-24-43(39,40)42-30-12-5-2-6-13-30)22-25-14-16-28(17-15-25)26-8-3-1-4-9-26/h1-6,8-9,12-19,23,32,36H,7,10-11,20-22,24H2,(H,35,38)(H,39,40)/t32-/m0/s1. The second-order valence-electron chi connectivity index (χ2n) is 10.5. The van der Waals surface area contributed by atoms with Gasteiger partial charge in [0.1, 0.15) is 17.8 Å². The summed E-state index contributed by atoms with van der Waals surface area (Å²) in [5.74, 6) is -0.0883. The summed E-state index contributed by atoms with van der Waals surface area (Å²) in [4.78, 5) is 36.2. The van der Waals surface area contributed by atoms with Gasteiger partial charge in [-0.05, 0) is 77.8 Å². The molecule has 1 aliphatic rings. The molecule has 0 heterocycles. The maximum atomic E-state index is 13.2. The van der Waals surface area contributed by atoms with E-state index in [2.05, 4.69) is 10.6 Å². The molecule has 4 aromatic rings. The van der Waals surface area contributed by atoms with Gasteiger partial charge in [-0.25, -0.2) is 4.57 Å². The number of benzene rings is 4. The quantitative estimate of drug-likeness (QED) is 0.103. The molecule has 0 bridgehead atoms. The number of amides is 1. The Balaban J connectivity index is 1.19. The first-order valence-corrected chi connectivity index (χ1v) is 16.2. The Morgan fingerprint density at radius 2 is 1.49 bits per heavy atom. The van der Waals surface area contributed by atoms with Gasteiger partial charge in [-0.1, -0.05) is 78.9 Å². The Morgan fingerprint density at radius 1 is 0.814 bits per heavy atom. The van der Waals surface area contributed by atoms with Crippen LogP contribution in [0.5, 0.6) is 11.5 Å². The Bertz CT molecular complexity index is 1580. The van der Waals surface area contributed by atoms with Crippen molar-refractivity contribution in [3.63, 3.8) is 0 Å². The van der Waals surface area contributed by atoms with E-state index >= 15 is 0 Å². The van der Waals surface area contributed by atoms with Crippen molar-refractivity contribution in [1.29, 1.82) is 0 Å². The molecule has 0 saturated heterocycles. The van der Waals surface area contributed by atoms with E-state index in [1.54, 1.807) is 36.4 Å². The van der Waals surface area contributed by atoms with E-state index in [1.165, 1.54) is 11.1 Å². The Kier molecular flexibility index (Phi) is 10.1. The van der Waals surface area contributed by atoms with Gasteiger partial charge in [0.05, 0.1) is 12.5 Å². The highest BCUT2D eigenvalue weighted by molar-refractivity contribution is 7.53. The summed E-state index contributed by atoms with van der Waals surface area (Å²) in [7, 11) is -4.11. The summed E-state index contributed by atoms with van der Waals surface area (Å²) in [6, 6.07) is 31.0. The zero-order valence-electron chi connectivity index (χ0n) is 23.8. The molecule has 0 spiro atoms. The van der Waals surface area contributed by atoms with Crippen molar-refractivity contribution in [3.05, 3.63) is 120 Å². The lowest BCUT2D eigenvalue weighted by molar-refractivity contribution is -0.134. The SMILES string of the molecule is O=C(CCNC(=O)[C@H](Cc1ccc(-c2ccccc2)cc1)NCP(=O)(O)Oc1ccccc1)Oc1ccc2c(c1)CCC2. The maximum absolute atomic E-state index is 13.2. The first-order chi connectivity index (χ1) is 20.8. The molecule has 43 heavy (non-hydrogen) atoms. The predicted molar refractivity (Wildman–Crippen MR) is 166 cm³/mol. The highest BCUT2D eigenvalue weighted by atomic mass is 31.2. The van der Waals surface area contributed by atoms with E-state index in [-0.39, 0.29) is 25.1 Å². The molecular weight excluding hydrogens is 563 g/mol. The second-order valence-corrected chi connectivity index (χ2v) is 12.3. The van der Waals surface area contributed by atoms with Gasteiger partial charge < -0.3 is 19.5 Å². The first kappa shape index (κ1) is 30.2. The minimum Gasteiger partial charge on any atom is -0.426 e. The minimum absolute atomic E-state index is 0.0169. The van der Waals surface area contributed by atoms with Gasteiger partial charge in [-0.15, -0.1) is 0 Å². The molecule has 9 heteroatoms. The number of hydrogen-bond donors (Lipinski definition) is 3. The van der Waals surface area contributed by atoms with Crippen molar-refractivity contribution in [2.24, 2.45) is 0 Å². The van der Waals surface area contributed by atoms with Gasteiger partial charge >= 0.3 is 13.6 Å². The number of nitrogens with one attached hydrogen (secondary N) is 2. The number of para-hydroxylation sites is 1. The van der Waals surface area contributed by atoms with Crippen LogP contribution in [-0.4, -0.2) is 35.6 Å². The second kappa shape index (κ2) is 14.3. The van der Waals surface area contributed by atoms with E-state index in [9.17, 15) is 19.0 Å². The molecule has 2 atom stereocenters. The van der Waals surface area contributed by atoms with Crippen LogP contribution in [0.2, 0.25) is 0 Å². The van der Waals surface area contributed by atoms with E-state index in [4.69, 9.17) is 9.26 Å². The summed E-state index contributed by atoms with van der Waals surface area (Å²) in [5, 5.41) is 5.68. The van der Waals surface area contributed by atoms with Crippen LogP contribution in [0.25, 0.3) is 11.1 Å². The molecule has 1 unspecified atom stereocenters. The molecule has 0 saturated carbocycles. The van der Waals surface area contributed by atoms with Gasteiger partial charge in [0.25, 0.3) is 0 Å². The third-order valence-electron chi connectivity index (χ3n) is 7.28. The summed E-state index contributed by atoms with van der Waals surface area (Å²) < 4.78 is 23.6. The minimum atomic E-state index is -4.11. The smallest absolute Gasteiger partial charge is 0.390 e. The molecule has 3 N–H and O–H groups in total. The fourth-order valence-corrected chi connectivity index (χ4v) is 6.03. The number of ether oxygens (including phenoxy) is 1. The van der Waals surface area contributed by atoms with Crippen molar-refractivity contribution in [2.45, 2.75) is 38.1 Å². The van der Waals surface area contributed by atoms with Crippen LogP contribution in [0.15, 0.2) is 103 Å². The van der Waals surface area contributed by atoms with E-state index in [1.807, 2.05) is 66.7 Å². The monoisotopic (exact) mass is 598 g/mol. The van der Waals surface area contributed by atoms with Gasteiger partial charge in [0, 0.05) is 6.54 Å². The third-order valence-corrected chi connectivity index (χ3v) is 8.35. The maximum Gasteiger partial charge on any atom is 0.390 e. The van der Waals surface area contributed by atoms with E-state index < -0.39 is 31.8 Å². The van der Waals surface area contributed by atoms with Crippen LogP contribution in [0.3, 0.4) is 0 Å². The average Bonchev–Trinajstić information content (AvgIpc) is 3.48. The molecule has 0 radical (unpaired) electrons. The first-order valence-electron chi connectivity index (χ1n) is 14.4. The summed E-state index contributed by atoms with van der Waals surface area (Å²) in [6.07, 6.45) is 2.93. The molecule has 1 amide bonds. The summed E-state index contributed by atoms with van der Waals surface area (Å²) >= 11 is 0. The molecular formula is C34H35N2O6P. The Labute approximate surface area is 251 Å². The molecule has 0 aromatic heterocycles. The average molecular weight is 599 g/mol. The highest BCUT2D eigenvalue weighted by Crippen LogP contribution is 2.41. The number of carbonyl (C=O) groups is 2. The molecule has 8 nitrogen and oxygen atoms in total. The number of rotatable bonds is 13. The predicted octanol–water partition coefficient (Wildman–Crippen LogP) is 5.68. The highest BCUT2D eigenvalue weighted by Gasteiger charge is 2.26.